The number of aldehydes is 1. The number of aryl methyl sites for hydroxylation is 2. The van der Waals surface area contributed by atoms with Gasteiger partial charge in [0.2, 0.25) is 5.95 Å². The lowest BCUT2D eigenvalue weighted by Gasteiger charge is -2.05. The van der Waals surface area contributed by atoms with E-state index in [1.54, 1.807) is 6.20 Å². The van der Waals surface area contributed by atoms with Crippen LogP contribution in [0.5, 0.6) is 0 Å². The van der Waals surface area contributed by atoms with Gasteiger partial charge < -0.3 is 11.5 Å². The summed E-state index contributed by atoms with van der Waals surface area (Å²) in [6, 6.07) is 7.57. The zero-order valence-corrected chi connectivity index (χ0v) is 10.5. The Hall–Kier alpha value is -2.43. The van der Waals surface area contributed by atoms with E-state index in [1.807, 2.05) is 24.3 Å². The van der Waals surface area contributed by atoms with Gasteiger partial charge in [-0.15, -0.1) is 0 Å². The molecule has 19 heavy (non-hydrogen) atoms. The highest BCUT2D eigenvalue weighted by Gasteiger charge is 2.02. The first-order valence-electron chi connectivity index (χ1n) is 6.10. The molecule has 0 aliphatic carbocycles. The maximum atomic E-state index is 10.5. The van der Waals surface area contributed by atoms with E-state index in [0.29, 0.717) is 11.4 Å². The third-order valence-electron chi connectivity index (χ3n) is 2.94. The Kier molecular flexibility index (Phi) is 4.07. The van der Waals surface area contributed by atoms with Crippen molar-refractivity contribution in [1.29, 1.82) is 0 Å². The molecule has 1 heterocycles. The fraction of sp³-hybridized carbons (Fsp3) is 0.214. The second-order valence-electron chi connectivity index (χ2n) is 4.35. The molecule has 2 aromatic rings. The Labute approximate surface area is 111 Å². The van der Waals surface area contributed by atoms with Gasteiger partial charge in [-0.05, 0) is 24.8 Å². The molecule has 2 rings (SSSR count). The van der Waals surface area contributed by atoms with Crippen LogP contribution >= 0.6 is 0 Å². The minimum atomic E-state index is 0.200. The Morgan fingerprint density at radius 1 is 1.11 bits per heavy atom. The standard InChI is InChI=1S/C14H16N4O/c15-13-12(8-17-14(16)18-13)3-1-2-10-4-6-11(9-19)7-5-10/h4-9H,1-3H2,(H4,15,16,17,18). The summed E-state index contributed by atoms with van der Waals surface area (Å²) in [5.41, 5.74) is 14.0. The lowest BCUT2D eigenvalue weighted by molar-refractivity contribution is 0.112. The molecule has 0 fully saturated rings. The Morgan fingerprint density at radius 3 is 2.47 bits per heavy atom. The van der Waals surface area contributed by atoms with E-state index >= 15 is 0 Å². The van der Waals surface area contributed by atoms with E-state index < -0.39 is 0 Å². The van der Waals surface area contributed by atoms with Crippen LogP contribution in [0.1, 0.15) is 27.9 Å². The summed E-state index contributed by atoms with van der Waals surface area (Å²) in [5.74, 6) is 0.648. The van der Waals surface area contributed by atoms with Crippen molar-refractivity contribution < 1.29 is 4.79 Å². The van der Waals surface area contributed by atoms with Crippen molar-refractivity contribution in [2.24, 2.45) is 0 Å². The Morgan fingerprint density at radius 2 is 1.84 bits per heavy atom. The van der Waals surface area contributed by atoms with E-state index in [9.17, 15) is 4.79 Å². The van der Waals surface area contributed by atoms with Crippen LogP contribution in [0.3, 0.4) is 0 Å². The van der Waals surface area contributed by atoms with Gasteiger partial charge in [-0.25, -0.2) is 4.98 Å². The third-order valence-corrected chi connectivity index (χ3v) is 2.94. The molecule has 1 aromatic heterocycles. The van der Waals surface area contributed by atoms with E-state index in [4.69, 9.17) is 11.5 Å². The predicted octanol–water partition coefficient (Wildman–Crippen LogP) is 1.63. The van der Waals surface area contributed by atoms with Crippen molar-refractivity contribution in [3.05, 3.63) is 47.2 Å². The highest BCUT2D eigenvalue weighted by molar-refractivity contribution is 5.74. The summed E-state index contributed by atoms with van der Waals surface area (Å²) in [5, 5.41) is 0. The number of anilines is 2. The number of nitrogen functional groups attached to an aromatic ring is 2. The Bertz CT molecular complexity index is 566. The number of hydrogen-bond donors (Lipinski definition) is 2. The van der Waals surface area contributed by atoms with E-state index in [-0.39, 0.29) is 5.95 Å². The molecule has 0 amide bonds. The smallest absolute Gasteiger partial charge is 0.221 e. The molecular weight excluding hydrogens is 240 g/mol. The van der Waals surface area contributed by atoms with E-state index in [1.165, 1.54) is 5.56 Å². The zero-order chi connectivity index (χ0) is 13.7. The molecular formula is C14H16N4O. The molecule has 0 radical (unpaired) electrons. The molecule has 98 valence electrons. The first-order chi connectivity index (χ1) is 9.19. The number of aromatic nitrogens is 2. The summed E-state index contributed by atoms with van der Waals surface area (Å²) in [4.78, 5) is 18.4. The van der Waals surface area contributed by atoms with Crippen LogP contribution in [0.15, 0.2) is 30.5 Å². The maximum absolute atomic E-state index is 10.5. The third kappa shape index (κ3) is 3.51. The SMILES string of the molecule is Nc1ncc(CCCc2ccc(C=O)cc2)c(N)n1. The van der Waals surface area contributed by atoms with Crippen LogP contribution in [-0.4, -0.2) is 16.3 Å². The number of nitrogens with zero attached hydrogens (tertiary/aromatic N) is 2. The second-order valence-corrected chi connectivity index (χ2v) is 4.35. The van der Waals surface area contributed by atoms with Crippen LogP contribution < -0.4 is 11.5 Å². The van der Waals surface area contributed by atoms with E-state index in [2.05, 4.69) is 9.97 Å². The highest BCUT2D eigenvalue weighted by Crippen LogP contribution is 2.13. The number of carbonyl (C=O) groups is 1. The van der Waals surface area contributed by atoms with E-state index in [0.717, 1.165) is 31.1 Å². The molecule has 0 aliphatic rings. The summed E-state index contributed by atoms with van der Waals surface area (Å²) in [6.45, 7) is 0. The fourth-order valence-electron chi connectivity index (χ4n) is 1.87. The van der Waals surface area contributed by atoms with Crippen molar-refractivity contribution in [2.75, 3.05) is 11.5 Å². The summed E-state index contributed by atoms with van der Waals surface area (Å²) >= 11 is 0. The molecule has 0 aliphatic heterocycles. The van der Waals surface area contributed by atoms with Crippen molar-refractivity contribution >= 4 is 18.1 Å². The van der Waals surface area contributed by atoms with Gasteiger partial charge in [0.15, 0.2) is 0 Å². The van der Waals surface area contributed by atoms with Crippen molar-refractivity contribution in [3.8, 4) is 0 Å². The molecule has 0 atom stereocenters. The average molecular weight is 256 g/mol. The first-order valence-corrected chi connectivity index (χ1v) is 6.10. The molecule has 0 unspecified atom stereocenters. The van der Waals surface area contributed by atoms with Gasteiger partial charge in [-0.2, -0.15) is 4.98 Å². The molecule has 0 bridgehead atoms. The first kappa shape index (κ1) is 13.0. The molecule has 5 heteroatoms. The highest BCUT2D eigenvalue weighted by atomic mass is 16.1. The van der Waals surface area contributed by atoms with Gasteiger partial charge >= 0.3 is 0 Å². The van der Waals surface area contributed by atoms with Gasteiger partial charge in [0.05, 0.1) is 0 Å². The lowest BCUT2D eigenvalue weighted by Crippen LogP contribution is -2.04. The van der Waals surface area contributed by atoms with Crippen LogP contribution in [0.25, 0.3) is 0 Å². The number of hydrogen-bond acceptors (Lipinski definition) is 5. The van der Waals surface area contributed by atoms with Gasteiger partial charge in [-0.1, -0.05) is 24.3 Å². The fourth-order valence-corrected chi connectivity index (χ4v) is 1.87. The van der Waals surface area contributed by atoms with Gasteiger partial charge in [0.25, 0.3) is 0 Å². The van der Waals surface area contributed by atoms with Gasteiger partial charge in [0.1, 0.15) is 12.1 Å². The number of benzene rings is 1. The molecule has 0 saturated heterocycles. The largest absolute Gasteiger partial charge is 0.383 e. The maximum Gasteiger partial charge on any atom is 0.221 e. The van der Waals surface area contributed by atoms with Gasteiger partial charge in [0, 0.05) is 17.3 Å². The minimum absolute atomic E-state index is 0.200. The van der Waals surface area contributed by atoms with Crippen LogP contribution in [0, 0.1) is 0 Å². The normalized spacial score (nSPS) is 10.3. The number of carbonyl (C=O) groups excluding carboxylic acids is 1. The van der Waals surface area contributed by atoms with Crippen LogP contribution in [0.4, 0.5) is 11.8 Å². The number of rotatable bonds is 5. The quantitative estimate of drug-likeness (QED) is 0.793. The summed E-state index contributed by atoms with van der Waals surface area (Å²) in [6.07, 6.45) is 5.19. The zero-order valence-electron chi connectivity index (χ0n) is 10.5. The average Bonchev–Trinajstić information content (AvgIpc) is 2.42. The van der Waals surface area contributed by atoms with Gasteiger partial charge in [-0.3, -0.25) is 4.79 Å². The van der Waals surface area contributed by atoms with Crippen LogP contribution in [0.2, 0.25) is 0 Å². The number of nitrogens with two attached hydrogens (primary N) is 2. The molecule has 1 aromatic carbocycles. The van der Waals surface area contributed by atoms with Crippen molar-refractivity contribution in [1.82, 2.24) is 9.97 Å². The summed E-state index contributed by atoms with van der Waals surface area (Å²) in [7, 11) is 0. The van der Waals surface area contributed by atoms with Crippen LogP contribution in [-0.2, 0) is 12.8 Å². The monoisotopic (exact) mass is 256 g/mol. The minimum Gasteiger partial charge on any atom is -0.383 e. The molecule has 0 saturated carbocycles. The molecule has 5 nitrogen and oxygen atoms in total. The van der Waals surface area contributed by atoms with Crippen molar-refractivity contribution in [2.45, 2.75) is 19.3 Å². The molecule has 0 spiro atoms. The summed E-state index contributed by atoms with van der Waals surface area (Å²) < 4.78 is 0. The van der Waals surface area contributed by atoms with Crippen molar-refractivity contribution in [3.63, 3.8) is 0 Å². The lowest BCUT2D eigenvalue weighted by atomic mass is 10.0. The predicted molar refractivity (Wildman–Crippen MR) is 74.7 cm³/mol. The Balaban J connectivity index is 1.90. The molecule has 4 N–H and O–H groups in total. The topological polar surface area (TPSA) is 94.9 Å². The second kappa shape index (κ2) is 5.95.